The van der Waals surface area contributed by atoms with Crippen LogP contribution in [-0.2, 0) is 19.6 Å². The van der Waals surface area contributed by atoms with Crippen LogP contribution >= 0.6 is 11.6 Å². The van der Waals surface area contributed by atoms with Gasteiger partial charge in [-0.3, -0.25) is 9.69 Å². The number of anilines is 2. The molecule has 2 aromatic carbocycles. The van der Waals surface area contributed by atoms with Gasteiger partial charge in [0.25, 0.3) is 5.56 Å². The predicted octanol–water partition coefficient (Wildman–Crippen LogP) is 6.93. The van der Waals surface area contributed by atoms with Gasteiger partial charge in [0.05, 0.1) is 34.9 Å². The van der Waals surface area contributed by atoms with Crippen molar-refractivity contribution in [2.45, 2.75) is 50.4 Å². The summed E-state index contributed by atoms with van der Waals surface area (Å²) in [5, 5.41) is 13.4. The zero-order valence-corrected chi connectivity index (χ0v) is 30.0. The fourth-order valence-corrected chi connectivity index (χ4v) is 8.42. The quantitative estimate of drug-likeness (QED) is 0.171. The number of urea groups is 1. The molecule has 2 saturated heterocycles. The number of halogens is 4. The highest BCUT2D eigenvalue weighted by molar-refractivity contribution is 6.36. The van der Waals surface area contributed by atoms with Gasteiger partial charge in [0, 0.05) is 60.5 Å². The summed E-state index contributed by atoms with van der Waals surface area (Å²) in [6, 6.07) is 13.9. The Morgan fingerprint density at radius 3 is 2.60 bits per heavy atom. The minimum absolute atomic E-state index is 0.0125. The molecule has 53 heavy (non-hydrogen) atoms. The summed E-state index contributed by atoms with van der Waals surface area (Å²) in [6.07, 6.45) is -0.00810. The summed E-state index contributed by atoms with van der Waals surface area (Å²) in [5.74, 6) is 0.316. The van der Waals surface area contributed by atoms with Crippen molar-refractivity contribution in [3.63, 3.8) is 0 Å². The van der Waals surface area contributed by atoms with Gasteiger partial charge >= 0.3 is 12.2 Å². The standard InChI is InChI=1S/C38H36ClF3N8O3/c1-20-23(6-5-9-26(20)45-33-31-22(18-44-49(2)35(31)51)17-29(47-33)38(40,41)42)24-7-4-8-25(32(24)39)27-16-21-10-11-28(30(21)34(46-27)53-3)50-15-13-37(19-50)12-14-43-36(52)48-37/h4-9,16-18,28H,10-15,19H2,1-3H3,(H,45,47)(H2,43,48,52)/t28-,37+/m0/s1. The average molecular weight is 745 g/mol. The Hall–Kier alpha value is -5.21. The number of ether oxygens (including phenoxy) is 1. The first-order chi connectivity index (χ1) is 25.4. The van der Waals surface area contributed by atoms with Crippen molar-refractivity contribution in [3.05, 3.63) is 92.5 Å². The molecule has 2 atom stereocenters. The maximum absolute atomic E-state index is 13.9. The largest absolute Gasteiger partial charge is 0.481 e. The molecule has 2 amide bonds. The molecule has 1 aliphatic carbocycles. The van der Waals surface area contributed by atoms with E-state index in [1.807, 2.05) is 31.2 Å². The Balaban J connectivity index is 1.13. The molecule has 2 aliphatic heterocycles. The fraction of sp³-hybridized carbons (Fsp3) is 0.342. The van der Waals surface area contributed by atoms with E-state index >= 15 is 0 Å². The fourth-order valence-electron chi connectivity index (χ4n) is 8.10. The summed E-state index contributed by atoms with van der Waals surface area (Å²) >= 11 is 7.19. The van der Waals surface area contributed by atoms with Crippen LogP contribution in [0.5, 0.6) is 5.88 Å². The van der Waals surface area contributed by atoms with Gasteiger partial charge in [0.15, 0.2) is 0 Å². The molecule has 11 nitrogen and oxygen atoms in total. The second-order valence-corrected chi connectivity index (χ2v) is 14.3. The highest BCUT2D eigenvalue weighted by atomic mass is 35.5. The zero-order chi connectivity index (χ0) is 37.2. The number of carbonyl (C=O) groups is 1. The smallest absolute Gasteiger partial charge is 0.433 e. The van der Waals surface area contributed by atoms with E-state index in [1.165, 1.54) is 13.2 Å². The number of alkyl halides is 3. The number of aromatic nitrogens is 4. The molecule has 3 N–H and O–H groups in total. The highest BCUT2D eigenvalue weighted by Crippen LogP contribution is 2.47. The van der Waals surface area contributed by atoms with Gasteiger partial charge in [-0.25, -0.2) is 19.4 Å². The van der Waals surface area contributed by atoms with Crippen LogP contribution in [0.15, 0.2) is 59.5 Å². The maximum atomic E-state index is 13.9. The first-order valence-corrected chi connectivity index (χ1v) is 17.7. The average Bonchev–Trinajstić information content (AvgIpc) is 3.74. The lowest BCUT2D eigenvalue weighted by atomic mass is 9.93. The van der Waals surface area contributed by atoms with Gasteiger partial charge in [-0.1, -0.05) is 41.9 Å². The molecule has 3 aromatic heterocycles. The molecule has 3 aliphatic rings. The number of hydrogen-bond acceptors (Lipinski definition) is 8. The number of aryl methyl sites for hydroxylation is 2. The number of methoxy groups -OCH3 is 1. The molecular formula is C38H36ClF3N8O3. The molecule has 5 heterocycles. The van der Waals surface area contributed by atoms with Crippen LogP contribution in [0.3, 0.4) is 0 Å². The number of likely N-dealkylation sites (tertiary alicyclic amines) is 1. The van der Waals surface area contributed by atoms with Crippen LogP contribution in [0.4, 0.5) is 29.5 Å². The van der Waals surface area contributed by atoms with Crippen molar-refractivity contribution >= 4 is 39.9 Å². The van der Waals surface area contributed by atoms with Crippen molar-refractivity contribution in [1.82, 2.24) is 35.3 Å². The molecule has 0 bridgehead atoms. The van der Waals surface area contributed by atoms with Gasteiger partial charge in [-0.15, -0.1) is 0 Å². The molecule has 8 rings (SSSR count). The molecule has 1 spiro atoms. The van der Waals surface area contributed by atoms with E-state index in [1.54, 1.807) is 19.2 Å². The number of nitrogens with zero attached hydrogens (tertiary/aromatic N) is 5. The van der Waals surface area contributed by atoms with Gasteiger partial charge in [-0.2, -0.15) is 18.3 Å². The van der Waals surface area contributed by atoms with Crippen LogP contribution in [0.1, 0.15) is 47.7 Å². The number of rotatable bonds is 6. The third-order valence-electron chi connectivity index (χ3n) is 10.8. The van der Waals surface area contributed by atoms with E-state index in [0.29, 0.717) is 45.5 Å². The number of carbonyl (C=O) groups excluding carboxylic acids is 1. The minimum atomic E-state index is -4.74. The summed E-state index contributed by atoms with van der Waals surface area (Å²) in [6.45, 7) is 4.12. The second kappa shape index (κ2) is 13.0. The van der Waals surface area contributed by atoms with Crippen LogP contribution in [0, 0.1) is 6.92 Å². The number of hydrogen-bond donors (Lipinski definition) is 3. The van der Waals surface area contributed by atoms with E-state index in [9.17, 15) is 22.8 Å². The molecule has 0 radical (unpaired) electrons. The molecule has 15 heteroatoms. The number of fused-ring (bicyclic) bond motifs is 2. The van der Waals surface area contributed by atoms with Crippen LogP contribution < -0.4 is 26.2 Å². The number of benzene rings is 2. The van der Waals surface area contributed by atoms with E-state index in [2.05, 4.69) is 37.0 Å². The Kier molecular flexibility index (Phi) is 8.56. The third kappa shape index (κ3) is 6.13. The summed E-state index contributed by atoms with van der Waals surface area (Å²) in [4.78, 5) is 36.4. The van der Waals surface area contributed by atoms with Crippen molar-refractivity contribution in [3.8, 4) is 28.3 Å². The van der Waals surface area contributed by atoms with Crippen molar-refractivity contribution < 1.29 is 22.7 Å². The Bertz CT molecular complexity index is 2370. The first kappa shape index (κ1) is 34.9. The zero-order valence-electron chi connectivity index (χ0n) is 29.2. The van der Waals surface area contributed by atoms with Crippen LogP contribution in [0.2, 0.25) is 5.02 Å². The molecule has 0 saturated carbocycles. The van der Waals surface area contributed by atoms with E-state index in [0.717, 1.165) is 66.2 Å². The van der Waals surface area contributed by atoms with E-state index in [4.69, 9.17) is 21.3 Å². The normalized spacial score (nSPS) is 20.1. The Morgan fingerprint density at radius 2 is 1.83 bits per heavy atom. The lowest BCUT2D eigenvalue weighted by molar-refractivity contribution is -0.141. The topological polar surface area (TPSA) is 126 Å². The molecular weight excluding hydrogens is 709 g/mol. The van der Waals surface area contributed by atoms with Gasteiger partial charge in [-0.05, 0) is 67.5 Å². The van der Waals surface area contributed by atoms with E-state index < -0.39 is 17.4 Å². The van der Waals surface area contributed by atoms with E-state index in [-0.39, 0.29) is 34.2 Å². The van der Waals surface area contributed by atoms with Crippen LogP contribution in [-0.4, -0.2) is 63.0 Å². The summed E-state index contributed by atoms with van der Waals surface area (Å²) < 4.78 is 48.5. The lowest BCUT2D eigenvalue weighted by Crippen LogP contribution is -2.59. The van der Waals surface area contributed by atoms with Gasteiger partial charge in [0.2, 0.25) is 5.88 Å². The number of pyridine rings is 2. The summed E-state index contributed by atoms with van der Waals surface area (Å²) in [7, 11) is 3.04. The van der Waals surface area contributed by atoms with Crippen LogP contribution in [0.25, 0.3) is 33.2 Å². The van der Waals surface area contributed by atoms with Crippen molar-refractivity contribution in [2.75, 3.05) is 32.1 Å². The third-order valence-corrected chi connectivity index (χ3v) is 11.2. The highest BCUT2D eigenvalue weighted by Gasteiger charge is 2.45. The SMILES string of the molecule is COc1nc(-c2cccc(-c3cccc(Nc4nc(C(F)(F)F)cc5cnn(C)c(=O)c45)c3C)c2Cl)cc2c1[C@@H](N1CC[C@]3(CCNC(=O)N3)C1)CC2. The molecule has 0 unspecified atom stereocenters. The molecule has 5 aromatic rings. The Morgan fingerprint density at radius 1 is 1.06 bits per heavy atom. The van der Waals surface area contributed by atoms with Crippen molar-refractivity contribution in [2.24, 2.45) is 7.05 Å². The lowest BCUT2D eigenvalue weighted by Gasteiger charge is -2.36. The second-order valence-electron chi connectivity index (χ2n) is 13.9. The summed E-state index contributed by atoms with van der Waals surface area (Å²) in [5.41, 5.74) is 4.16. The van der Waals surface area contributed by atoms with Gasteiger partial charge in [0.1, 0.15) is 11.5 Å². The molecule has 274 valence electrons. The monoisotopic (exact) mass is 744 g/mol. The van der Waals surface area contributed by atoms with Crippen molar-refractivity contribution in [1.29, 1.82) is 0 Å². The number of nitrogens with one attached hydrogen (secondary N) is 3. The molecule has 2 fully saturated rings. The minimum Gasteiger partial charge on any atom is -0.481 e. The Labute approximate surface area is 307 Å². The predicted molar refractivity (Wildman–Crippen MR) is 196 cm³/mol. The maximum Gasteiger partial charge on any atom is 0.433 e. The van der Waals surface area contributed by atoms with Gasteiger partial charge < -0.3 is 20.7 Å². The number of amides is 2. The first-order valence-electron chi connectivity index (χ1n) is 17.3.